The largest absolute Gasteiger partial charge is 0.394 e. The Bertz CT molecular complexity index is 142. The summed E-state index contributed by atoms with van der Waals surface area (Å²) in [6, 6.07) is 0. The standard InChI is InChI=1S/C7H10NO2/c9-6-7(10)5-8-3-1-2-4-8/h1,3-4,7,9-10H,5-6H2/q+1. The number of allylic oxidation sites excluding steroid dienone is 2. The molecule has 1 atom stereocenters. The fraction of sp³-hybridized carbons (Fsp3) is 0.429. The Morgan fingerprint density at radius 1 is 1.60 bits per heavy atom. The van der Waals surface area contributed by atoms with E-state index in [2.05, 4.69) is 6.08 Å². The van der Waals surface area contributed by atoms with E-state index >= 15 is 0 Å². The molecule has 0 aromatic rings. The number of β-amino-alcohol motifs (C(OH)–C–C–N with tert-alkyl or cyclic N) is 1. The van der Waals surface area contributed by atoms with Crippen LogP contribution in [-0.2, 0) is 0 Å². The number of nitrogens with zero attached hydrogens (tertiary/aromatic N) is 1. The first-order chi connectivity index (χ1) is 4.83. The summed E-state index contributed by atoms with van der Waals surface area (Å²) in [6.07, 6.45) is 7.43. The van der Waals surface area contributed by atoms with Crippen LogP contribution in [0.15, 0.2) is 18.5 Å². The van der Waals surface area contributed by atoms with Gasteiger partial charge in [-0.3, -0.25) is 0 Å². The van der Waals surface area contributed by atoms with Gasteiger partial charge in [-0.15, -0.1) is 0 Å². The van der Waals surface area contributed by atoms with Crippen molar-refractivity contribution in [1.29, 1.82) is 0 Å². The Hall–Kier alpha value is -0.890. The molecule has 0 fully saturated rings. The molecule has 3 heteroatoms. The average Bonchev–Trinajstić information content (AvgIpc) is 2.40. The Kier molecular flexibility index (Phi) is 2.40. The highest BCUT2D eigenvalue weighted by molar-refractivity contribution is 5.05. The maximum absolute atomic E-state index is 8.94. The molecule has 54 valence electrons. The quantitative estimate of drug-likeness (QED) is 0.519. The topological polar surface area (TPSA) is 43.7 Å². The van der Waals surface area contributed by atoms with Crippen molar-refractivity contribution >= 4 is 0 Å². The normalized spacial score (nSPS) is 17.6. The van der Waals surface area contributed by atoms with E-state index in [1.165, 1.54) is 0 Å². The van der Waals surface area contributed by atoms with Crippen LogP contribution in [0.4, 0.5) is 0 Å². The maximum Gasteiger partial charge on any atom is 0.179 e. The molecule has 1 unspecified atom stereocenters. The molecule has 1 heterocycles. The molecule has 0 bridgehead atoms. The molecule has 3 nitrogen and oxygen atoms in total. The van der Waals surface area contributed by atoms with Crippen molar-refractivity contribution in [2.75, 3.05) is 13.2 Å². The third-order valence-electron chi connectivity index (χ3n) is 1.23. The van der Waals surface area contributed by atoms with Crippen LogP contribution < -0.4 is 0 Å². The molecule has 1 aliphatic rings. The summed E-state index contributed by atoms with van der Waals surface area (Å²) in [5.41, 5.74) is 0. The summed E-state index contributed by atoms with van der Waals surface area (Å²) in [6.45, 7) is 0.234. The SMILES string of the molecule is OCC(O)CN1C=[C+]C=C1. The second kappa shape index (κ2) is 3.32. The highest BCUT2D eigenvalue weighted by Gasteiger charge is 2.12. The first-order valence-electron chi connectivity index (χ1n) is 3.13. The van der Waals surface area contributed by atoms with Crippen molar-refractivity contribution in [3.63, 3.8) is 0 Å². The van der Waals surface area contributed by atoms with Crippen LogP contribution in [0.1, 0.15) is 0 Å². The Labute approximate surface area is 59.9 Å². The monoisotopic (exact) mass is 140 g/mol. The van der Waals surface area contributed by atoms with Gasteiger partial charge in [-0.1, -0.05) is 0 Å². The van der Waals surface area contributed by atoms with Crippen LogP contribution in [-0.4, -0.2) is 34.4 Å². The number of rotatable bonds is 3. The highest BCUT2D eigenvalue weighted by Crippen LogP contribution is 2.00. The molecule has 2 N–H and O–H groups in total. The van der Waals surface area contributed by atoms with E-state index in [0.717, 1.165) is 0 Å². The summed E-state index contributed by atoms with van der Waals surface area (Å²) in [5, 5.41) is 17.4. The fourth-order valence-corrected chi connectivity index (χ4v) is 0.735. The molecular formula is C7H10NO2+. The van der Waals surface area contributed by atoms with E-state index in [-0.39, 0.29) is 6.61 Å². The van der Waals surface area contributed by atoms with Gasteiger partial charge in [-0.2, -0.15) is 0 Å². The second-order valence-corrected chi connectivity index (χ2v) is 2.14. The summed E-state index contributed by atoms with van der Waals surface area (Å²) >= 11 is 0. The van der Waals surface area contributed by atoms with Gasteiger partial charge in [0, 0.05) is 0 Å². The fourth-order valence-electron chi connectivity index (χ4n) is 0.735. The molecule has 1 aliphatic heterocycles. The van der Waals surface area contributed by atoms with E-state index in [0.29, 0.717) is 6.54 Å². The Morgan fingerprint density at radius 2 is 2.40 bits per heavy atom. The Morgan fingerprint density at radius 3 is 2.90 bits per heavy atom. The molecule has 0 spiro atoms. The van der Waals surface area contributed by atoms with Crippen molar-refractivity contribution in [3.05, 3.63) is 24.6 Å². The lowest BCUT2D eigenvalue weighted by Crippen LogP contribution is -2.26. The molecule has 0 aliphatic carbocycles. The average molecular weight is 140 g/mol. The minimum absolute atomic E-state index is 0.196. The minimum atomic E-state index is -0.666. The van der Waals surface area contributed by atoms with Crippen LogP contribution >= 0.6 is 0 Å². The van der Waals surface area contributed by atoms with Gasteiger partial charge < -0.3 is 10.2 Å². The number of aliphatic hydroxyl groups excluding tert-OH is 2. The molecular weight excluding hydrogens is 130 g/mol. The molecule has 0 saturated heterocycles. The minimum Gasteiger partial charge on any atom is -0.394 e. The van der Waals surface area contributed by atoms with Crippen molar-refractivity contribution in [2.45, 2.75) is 6.10 Å². The van der Waals surface area contributed by atoms with Gasteiger partial charge in [0.1, 0.15) is 12.3 Å². The van der Waals surface area contributed by atoms with E-state index in [4.69, 9.17) is 10.2 Å². The lowest BCUT2D eigenvalue weighted by atomic mass is 10.3. The summed E-state index contributed by atoms with van der Waals surface area (Å²) in [4.78, 5) is 1.76. The van der Waals surface area contributed by atoms with Gasteiger partial charge in [0.2, 0.25) is 0 Å². The van der Waals surface area contributed by atoms with Gasteiger partial charge in [-0.25, -0.2) is 4.90 Å². The first-order valence-corrected chi connectivity index (χ1v) is 3.13. The number of hydrogen-bond donors (Lipinski definition) is 2. The van der Waals surface area contributed by atoms with E-state index < -0.39 is 6.10 Å². The maximum atomic E-state index is 8.94. The third-order valence-corrected chi connectivity index (χ3v) is 1.23. The smallest absolute Gasteiger partial charge is 0.179 e. The van der Waals surface area contributed by atoms with Gasteiger partial charge in [0.25, 0.3) is 0 Å². The third kappa shape index (κ3) is 1.81. The lowest BCUT2D eigenvalue weighted by molar-refractivity contribution is 0.0807. The van der Waals surface area contributed by atoms with Crippen LogP contribution in [0.5, 0.6) is 0 Å². The molecule has 1 rings (SSSR count). The summed E-state index contributed by atoms with van der Waals surface area (Å²) < 4.78 is 0. The first kappa shape index (κ1) is 7.22. The molecule has 0 aromatic carbocycles. The molecule has 0 aromatic heterocycles. The van der Waals surface area contributed by atoms with Crippen LogP contribution in [0.3, 0.4) is 0 Å². The number of hydrogen-bond acceptors (Lipinski definition) is 3. The number of aliphatic hydroxyl groups is 2. The Balaban J connectivity index is 2.25. The molecule has 0 amide bonds. The van der Waals surface area contributed by atoms with Crippen LogP contribution in [0.2, 0.25) is 0 Å². The van der Waals surface area contributed by atoms with Crippen molar-refractivity contribution < 1.29 is 10.2 Å². The zero-order valence-electron chi connectivity index (χ0n) is 5.57. The van der Waals surface area contributed by atoms with E-state index in [1.54, 1.807) is 23.4 Å². The van der Waals surface area contributed by atoms with Crippen molar-refractivity contribution in [3.8, 4) is 0 Å². The zero-order chi connectivity index (χ0) is 7.40. The molecule has 10 heavy (non-hydrogen) atoms. The van der Waals surface area contributed by atoms with Gasteiger partial charge in [-0.05, 0) is 0 Å². The zero-order valence-corrected chi connectivity index (χ0v) is 5.57. The highest BCUT2D eigenvalue weighted by atomic mass is 16.3. The summed E-state index contributed by atoms with van der Waals surface area (Å²) in [7, 11) is 0. The lowest BCUT2D eigenvalue weighted by Gasteiger charge is -2.09. The second-order valence-electron chi connectivity index (χ2n) is 2.14. The van der Waals surface area contributed by atoms with Crippen molar-refractivity contribution in [1.82, 2.24) is 4.90 Å². The predicted octanol–water partition coefficient (Wildman–Crippen LogP) is -0.514. The van der Waals surface area contributed by atoms with Gasteiger partial charge in [0.15, 0.2) is 12.3 Å². The van der Waals surface area contributed by atoms with Crippen LogP contribution in [0.25, 0.3) is 0 Å². The van der Waals surface area contributed by atoms with Gasteiger partial charge >= 0.3 is 0 Å². The van der Waals surface area contributed by atoms with Crippen LogP contribution in [0, 0.1) is 6.08 Å². The predicted molar refractivity (Wildman–Crippen MR) is 36.8 cm³/mol. The van der Waals surface area contributed by atoms with Crippen molar-refractivity contribution in [2.24, 2.45) is 0 Å². The molecule has 0 saturated carbocycles. The van der Waals surface area contributed by atoms with E-state index in [9.17, 15) is 0 Å². The van der Waals surface area contributed by atoms with Gasteiger partial charge in [0.05, 0.1) is 19.3 Å². The summed E-state index contributed by atoms with van der Waals surface area (Å²) in [5.74, 6) is 0. The van der Waals surface area contributed by atoms with E-state index in [1.807, 2.05) is 0 Å². The molecule has 0 radical (unpaired) electrons.